The van der Waals surface area contributed by atoms with Crippen molar-refractivity contribution < 1.29 is 17.2 Å². The van der Waals surface area contributed by atoms with Crippen molar-refractivity contribution in [3.05, 3.63) is 29.3 Å². The van der Waals surface area contributed by atoms with Crippen molar-refractivity contribution in [3.8, 4) is 6.07 Å². The fourth-order valence-electron chi connectivity index (χ4n) is 1.41. The minimum atomic E-state index is -4.13. The molecule has 98 valence electrons. The first-order valence-electron chi connectivity index (χ1n) is 5.03. The van der Waals surface area contributed by atoms with Gasteiger partial charge in [-0.1, -0.05) is 0 Å². The van der Waals surface area contributed by atoms with Gasteiger partial charge in [0.05, 0.1) is 16.9 Å². The highest BCUT2D eigenvalue weighted by Gasteiger charge is 2.30. The van der Waals surface area contributed by atoms with Crippen LogP contribution in [0.25, 0.3) is 0 Å². The predicted molar refractivity (Wildman–Crippen MR) is 63.1 cm³/mol. The number of halogens is 3. The Kier molecular flexibility index (Phi) is 4.65. The van der Waals surface area contributed by atoms with E-state index in [2.05, 4.69) is 0 Å². The van der Waals surface area contributed by atoms with Crippen molar-refractivity contribution in [3.63, 3.8) is 0 Å². The molecule has 0 fully saturated rings. The average Bonchev–Trinajstić information content (AvgIpc) is 2.27. The topological polar surface area (TPSA) is 57.9 Å². The fourth-order valence-corrected chi connectivity index (χ4v) is 3.35. The summed E-state index contributed by atoms with van der Waals surface area (Å²) in [5, 5.41) is 7.53. The molecule has 3 nitrogen and oxygen atoms in total. The van der Waals surface area contributed by atoms with Gasteiger partial charge >= 0.3 is 0 Å². The lowest BCUT2D eigenvalue weighted by molar-refractivity contribution is 0.513. The molecule has 0 spiro atoms. The Labute approximate surface area is 109 Å². The Morgan fingerprint density at radius 3 is 2.28 bits per heavy atom. The molecule has 0 aromatic heterocycles. The molecule has 0 saturated heterocycles. The van der Waals surface area contributed by atoms with Crippen molar-refractivity contribution >= 4 is 21.4 Å². The van der Waals surface area contributed by atoms with Gasteiger partial charge in [-0.3, -0.25) is 0 Å². The summed E-state index contributed by atoms with van der Waals surface area (Å²) in [6.45, 7) is 1.33. The highest BCUT2D eigenvalue weighted by Crippen LogP contribution is 2.25. The van der Waals surface area contributed by atoms with Crippen LogP contribution in [0.1, 0.15) is 18.9 Å². The van der Waals surface area contributed by atoms with E-state index in [1.165, 1.54) is 6.92 Å². The SMILES string of the molecule is CC(CCCl)S(=O)(=O)c1c(F)cc(C#N)cc1F. The smallest absolute Gasteiger partial charge is 0.186 e. The van der Waals surface area contributed by atoms with Crippen molar-refractivity contribution in [2.24, 2.45) is 0 Å². The van der Waals surface area contributed by atoms with Gasteiger partial charge in [-0.15, -0.1) is 11.6 Å². The van der Waals surface area contributed by atoms with E-state index in [4.69, 9.17) is 16.9 Å². The third-order valence-electron chi connectivity index (χ3n) is 2.46. The molecule has 0 radical (unpaired) electrons. The lowest BCUT2D eigenvalue weighted by atomic mass is 10.2. The third kappa shape index (κ3) is 2.79. The van der Waals surface area contributed by atoms with E-state index in [1.54, 1.807) is 6.07 Å². The van der Waals surface area contributed by atoms with Crippen LogP contribution in [0.4, 0.5) is 8.78 Å². The van der Waals surface area contributed by atoms with E-state index in [1.807, 2.05) is 0 Å². The molecule has 0 aliphatic carbocycles. The molecule has 0 aliphatic rings. The van der Waals surface area contributed by atoms with Crippen LogP contribution in [-0.4, -0.2) is 19.5 Å². The minimum absolute atomic E-state index is 0.0694. The van der Waals surface area contributed by atoms with Crippen LogP contribution < -0.4 is 0 Å². The molecule has 0 bridgehead atoms. The Morgan fingerprint density at radius 1 is 1.39 bits per heavy atom. The molecule has 1 aromatic carbocycles. The molecular formula is C11H10ClF2NO2S. The van der Waals surface area contributed by atoms with Crippen LogP contribution in [0.2, 0.25) is 0 Å². The van der Waals surface area contributed by atoms with Crippen molar-refractivity contribution in [1.29, 1.82) is 5.26 Å². The zero-order chi connectivity index (χ0) is 13.9. The molecule has 18 heavy (non-hydrogen) atoms. The van der Waals surface area contributed by atoms with Crippen LogP contribution in [0.3, 0.4) is 0 Å². The van der Waals surface area contributed by atoms with Crippen LogP contribution in [0, 0.1) is 23.0 Å². The number of hydrogen-bond acceptors (Lipinski definition) is 3. The van der Waals surface area contributed by atoms with Gasteiger partial charge < -0.3 is 0 Å². The summed E-state index contributed by atoms with van der Waals surface area (Å²) in [6.07, 6.45) is 0.0861. The van der Waals surface area contributed by atoms with Gasteiger partial charge in [-0.05, 0) is 25.5 Å². The van der Waals surface area contributed by atoms with E-state index < -0.39 is 31.6 Å². The highest BCUT2D eigenvalue weighted by atomic mass is 35.5. The van der Waals surface area contributed by atoms with Gasteiger partial charge in [0.2, 0.25) is 0 Å². The van der Waals surface area contributed by atoms with Crippen LogP contribution in [0.15, 0.2) is 17.0 Å². The maximum absolute atomic E-state index is 13.6. The van der Waals surface area contributed by atoms with Crippen LogP contribution in [0.5, 0.6) is 0 Å². The zero-order valence-corrected chi connectivity index (χ0v) is 11.0. The van der Waals surface area contributed by atoms with Gasteiger partial charge in [0.15, 0.2) is 9.84 Å². The largest absolute Gasteiger partial charge is 0.223 e. The molecule has 1 unspecified atom stereocenters. The van der Waals surface area contributed by atoms with E-state index in [-0.39, 0.29) is 17.9 Å². The molecule has 1 rings (SSSR count). The molecule has 1 atom stereocenters. The quantitative estimate of drug-likeness (QED) is 0.802. The Morgan fingerprint density at radius 2 is 1.89 bits per heavy atom. The van der Waals surface area contributed by atoms with Gasteiger partial charge in [-0.25, -0.2) is 17.2 Å². The molecule has 0 aliphatic heterocycles. The molecule has 0 saturated carbocycles. The second-order valence-electron chi connectivity index (χ2n) is 3.71. The number of sulfone groups is 1. The van der Waals surface area contributed by atoms with Crippen LogP contribution >= 0.6 is 11.6 Å². The summed E-state index contributed by atoms with van der Waals surface area (Å²) in [5.41, 5.74) is -0.269. The normalized spacial score (nSPS) is 13.1. The van der Waals surface area contributed by atoms with Crippen molar-refractivity contribution in [2.75, 3.05) is 5.88 Å². The van der Waals surface area contributed by atoms with E-state index >= 15 is 0 Å². The molecule has 0 N–H and O–H groups in total. The van der Waals surface area contributed by atoms with E-state index in [9.17, 15) is 17.2 Å². The number of nitriles is 1. The number of alkyl halides is 1. The summed E-state index contributed by atoms with van der Waals surface area (Å²) in [7, 11) is -4.13. The molecule has 0 amide bonds. The number of rotatable bonds is 4. The zero-order valence-electron chi connectivity index (χ0n) is 9.45. The Bertz CT molecular complexity index is 573. The maximum Gasteiger partial charge on any atom is 0.186 e. The molecule has 1 aromatic rings. The highest BCUT2D eigenvalue weighted by molar-refractivity contribution is 7.92. The summed E-state index contributed by atoms with van der Waals surface area (Å²) in [6, 6.07) is 2.94. The first-order chi connectivity index (χ1) is 8.34. The third-order valence-corrected chi connectivity index (χ3v) is 4.93. The fraction of sp³-hybridized carbons (Fsp3) is 0.364. The van der Waals surface area contributed by atoms with Gasteiger partial charge in [0.25, 0.3) is 0 Å². The summed E-state index contributed by atoms with van der Waals surface area (Å²) < 4.78 is 51.1. The monoisotopic (exact) mass is 293 g/mol. The molecule has 7 heteroatoms. The number of benzene rings is 1. The average molecular weight is 294 g/mol. The summed E-state index contributed by atoms with van der Waals surface area (Å²) in [4.78, 5) is -1.00. The Balaban J connectivity index is 3.39. The van der Waals surface area contributed by atoms with Crippen molar-refractivity contribution in [1.82, 2.24) is 0 Å². The van der Waals surface area contributed by atoms with Gasteiger partial charge in [0.1, 0.15) is 16.5 Å². The van der Waals surface area contributed by atoms with Gasteiger partial charge in [-0.2, -0.15) is 5.26 Å². The number of nitrogens with zero attached hydrogens (tertiary/aromatic N) is 1. The first-order valence-corrected chi connectivity index (χ1v) is 7.11. The predicted octanol–water partition coefficient (Wildman–Crippen LogP) is 2.63. The van der Waals surface area contributed by atoms with Crippen molar-refractivity contribution in [2.45, 2.75) is 23.5 Å². The first kappa shape index (κ1) is 14.9. The maximum atomic E-state index is 13.6. The summed E-state index contributed by atoms with van der Waals surface area (Å²) >= 11 is 5.42. The second-order valence-corrected chi connectivity index (χ2v) is 6.40. The molecular weight excluding hydrogens is 284 g/mol. The molecule has 0 heterocycles. The summed E-state index contributed by atoms with van der Waals surface area (Å²) in [5.74, 6) is -2.44. The lowest BCUT2D eigenvalue weighted by Gasteiger charge is -2.13. The number of hydrogen-bond donors (Lipinski definition) is 0. The van der Waals surface area contributed by atoms with E-state index in [0.29, 0.717) is 12.1 Å². The van der Waals surface area contributed by atoms with E-state index in [0.717, 1.165) is 0 Å². The lowest BCUT2D eigenvalue weighted by Crippen LogP contribution is -2.21. The minimum Gasteiger partial charge on any atom is -0.223 e. The standard InChI is InChI=1S/C11H10ClF2NO2S/c1-7(2-3-12)18(16,17)11-9(13)4-8(6-15)5-10(11)14/h4-5,7H,2-3H2,1H3. The van der Waals surface area contributed by atoms with Crippen LogP contribution in [-0.2, 0) is 9.84 Å². The Hall–Kier alpha value is -1.19. The second kappa shape index (κ2) is 5.63. The van der Waals surface area contributed by atoms with Gasteiger partial charge in [0, 0.05) is 5.88 Å².